The number of nitrogens with zero attached hydrogens (tertiary/aromatic N) is 2. The van der Waals surface area contributed by atoms with E-state index < -0.39 is 0 Å². The molecule has 1 aliphatic heterocycles. The quantitative estimate of drug-likeness (QED) is 0.261. The van der Waals surface area contributed by atoms with Gasteiger partial charge in [0.2, 0.25) is 0 Å². The zero-order valence-electron chi connectivity index (χ0n) is 25.5. The van der Waals surface area contributed by atoms with Crippen LogP contribution in [0.5, 0.6) is 0 Å². The Labute approximate surface area is 241 Å². The zero-order chi connectivity index (χ0) is 29.4. The lowest BCUT2D eigenvalue weighted by atomic mass is 10.0. The van der Waals surface area contributed by atoms with Gasteiger partial charge in [-0.3, -0.25) is 0 Å². The fraction of sp³-hybridized carbons (Fsp3) is 0.243. The second-order valence-electron chi connectivity index (χ2n) is 11.4. The molecule has 0 amide bonds. The van der Waals surface area contributed by atoms with E-state index in [0.29, 0.717) is 5.41 Å². The van der Waals surface area contributed by atoms with Gasteiger partial charge in [0, 0.05) is 23.5 Å². The molecule has 1 aliphatic rings. The summed E-state index contributed by atoms with van der Waals surface area (Å²) in [5.41, 5.74) is 7.51. The predicted molar refractivity (Wildman–Crippen MR) is 174 cm³/mol. The molecule has 3 nitrogen and oxygen atoms in total. The highest BCUT2D eigenvalue weighted by Crippen LogP contribution is 2.33. The smallest absolute Gasteiger partial charge is 0.150 e. The fourth-order valence-electron chi connectivity index (χ4n) is 4.55. The number of aromatic nitrogens is 1. The lowest BCUT2D eigenvalue weighted by Gasteiger charge is -2.31. The van der Waals surface area contributed by atoms with E-state index in [1.165, 1.54) is 33.1 Å². The molecule has 40 heavy (non-hydrogen) atoms. The average molecular weight is 533 g/mol. The van der Waals surface area contributed by atoms with E-state index in [0.717, 1.165) is 22.9 Å². The second kappa shape index (κ2) is 13.2. The Morgan fingerprint density at radius 3 is 1.93 bits per heavy atom. The minimum absolute atomic E-state index is 0.500. The standard InChI is InChI=1S/C19H15N.C13H17NO.C5H12/c1-14-11-12-19-17(13-14)16-9-5-6-10-18(16)20(19)15-7-3-2-4-8-15;1-6-10-12(8-3)15-13(9-4)11(7-2)14(10)5;1-5(2,3)4/h2-13H,1H3;6-9H,1,3H2,2,4-5H3;1-4H3/b;11-7+,13-9+;. The first-order valence-corrected chi connectivity index (χ1v) is 13.8. The van der Waals surface area contributed by atoms with Gasteiger partial charge in [0.1, 0.15) is 5.76 Å². The molecule has 0 saturated heterocycles. The van der Waals surface area contributed by atoms with Crippen LogP contribution in [0.4, 0.5) is 0 Å². The van der Waals surface area contributed by atoms with Gasteiger partial charge in [-0.1, -0.05) is 95.0 Å². The Hall–Kier alpha value is -4.24. The number of likely N-dealkylation sites (N-methyl/N-ethyl adjacent to an activating group) is 1. The summed E-state index contributed by atoms with van der Waals surface area (Å²) in [7, 11) is 1.99. The molecular formula is C37H44N2O. The van der Waals surface area contributed by atoms with Gasteiger partial charge in [-0.15, -0.1) is 0 Å². The molecule has 3 aromatic carbocycles. The highest BCUT2D eigenvalue weighted by atomic mass is 16.5. The molecule has 0 fully saturated rings. The number of aryl methyl sites for hydroxylation is 1. The summed E-state index contributed by atoms with van der Waals surface area (Å²) < 4.78 is 8.04. The van der Waals surface area contributed by atoms with Crippen molar-refractivity contribution in [2.24, 2.45) is 5.41 Å². The number of ether oxygens (including phenoxy) is 1. The fourth-order valence-corrected chi connectivity index (χ4v) is 4.55. The van der Waals surface area contributed by atoms with Gasteiger partial charge in [0.15, 0.2) is 5.76 Å². The minimum atomic E-state index is 0.500. The van der Waals surface area contributed by atoms with Crippen LogP contribution in [-0.4, -0.2) is 16.5 Å². The summed E-state index contributed by atoms with van der Waals surface area (Å²) in [5, 5.41) is 2.64. The van der Waals surface area contributed by atoms with E-state index in [4.69, 9.17) is 4.74 Å². The lowest BCUT2D eigenvalue weighted by molar-refractivity contribution is 0.264. The van der Waals surface area contributed by atoms with Gasteiger partial charge in [-0.05, 0) is 74.7 Å². The topological polar surface area (TPSA) is 17.4 Å². The molecular weight excluding hydrogens is 488 g/mol. The first-order valence-electron chi connectivity index (χ1n) is 13.8. The van der Waals surface area contributed by atoms with Crippen LogP contribution >= 0.6 is 0 Å². The highest BCUT2D eigenvalue weighted by molar-refractivity contribution is 6.09. The van der Waals surface area contributed by atoms with Gasteiger partial charge in [-0.2, -0.15) is 0 Å². The van der Waals surface area contributed by atoms with Crippen molar-refractivity contribution in [2.75, 3.05) is 7.05 Å². The average Bonchev–Trinajstić information content (AvgIpc) is 3.26. The summed E-state index contributed by atoms with van der Waals surface area (Å²) in [6.45, 7) is 22.3. The van der Waals surface area contributed by atoms with Crippen LogP contribution in [0.25, 0.3) is 27.5 Å². The molecule has 4 aromatic rings. The van der Waals surface area contributed by atoms with E-state index in [1.807, 2.05) is 37.9 Å². The Balaban J connectivity index is 0.000000196. The third kappa shape index (κ3) is 7.04. The van der Waals surface area contributed by atoms with Crippen LogP contribution in [0.3, 0.4) is 0 Å². The van der Waals surface area contributed by atoms with Crippen molar-refractivity contribution in [1.82, 2.24) is 9.47 Å². The summed E-state index contributed by atoms with van der Waals surface area (Å²) >= 11 is 0. The molecule has 0 bridgehead atoms. The summed E-state index contributed by atoms with van der Waals surface area (Å²) in [4.78, 5) is 2.04. The second-order valence-corrected chi connectivity index (χ2v) is 11.4. The molecule has 1 aromatic heterocycles. The number of rotatable bonds is 3. The first-order chi connectivity index (χ1) is 19.0. The van der Waals surface area contributed by atoms with Gasteiger partial charge in [-0.25, -0.2) is 0 Å². The maximum absolute atomic E-state index is 5.70. The van der Waals surface area contributed by atoms with Crippen LogP contribution in [0.15, 0.2) is 133 Å². The van der Waals surface area contributed by atoms with Crippen LogP contribution < -0.4 is 0 Å². The van der Waals surface area contributed by atoms with Crippen molar-refractivity contribution in [3.63, 3.8) is 0 Å². The van der Waals surface area contributed by atoms with Crippen LogP contribution in [0.1, 0.15) is 47.1 Å². The van der Waals surface area contributed by atoms with Gasteiger partial charge in [0.25, 0.3) is 0 Å². The third-order valence-corrected chi connectivity index (χ3v) is 6.20. The SMILES string of the molecule is C=CC1=C(C=C)N(C)C(=C/C)/C(=C\C)O1.CC(C)(C)C.Cc1ccc2c(c1)c1ccccc1n2-c1ccccc1. The first kappa shape index (κ1) is 30.3. The normalized spacial score (nSPS) is 15.3. The van der Waals surface area contributed by atoms with Crippen molar-refractivity contribution in [2.45, 2.75) is 48.5 Å². The molecule has 0 radical (unpaired) electrons. The summed E-state index contributed by atoms with van der Waals surface area (Å²) in [6.07, 6.45) is 7.42. The van der Waals surface area contributed by atoms with Gasteiger partial charge in [0.05, 0.1) is 22.4 Å². The molecule has 0 spiro atoms. The van der Waals surface area contributed by atoms with E-state index in [1.54, 1.807) is 12.2 Å². The number of hydrogen-bond acceptors (Lipinski definition) is 2. The Bertz CT molecular complexity index is 1570. The number of hydrogen-bond donors (Lipinski definition) is 0. The number of fused-ring (bicyclic) bond motifs is 3. The van der Waals surface area contributed by atoms with Gasteiger partial charge < -0.3 is 14.2 Å². The summed E-state index contributed by atoms with van der Waals surface area (Å²) in [6, 6.07) is 25.8. The van der Waals surface area contributed by atoms with Crippen molar-refractivity contribution < 1.29 is 4.74 Å². The van der Waals surface area contributed by atoms with Crippen LogP contribution in [0, 0.1) is 12.3 Å². The van der Waals surface area contributed by atoms with Gasteiger partial charge >= 0.3 is 0 Å². The lowest BCUT2D eigenvalue weighted by Crippen LogP contribution is -2.24. The van der Waals surface area contributed by atoms with E-state index in [9.17, 15) is 0 Å². The van der Waals surface area contributed by atoms with Crippen LogP contribution in [-0.2, 0) is 4.74 Å². The molecule has 0 unspecified atom stereocenters. The molecule has 5 rings (SSSR count). The maximum atomic E-state index is 5.70. The minimum Gasteiger partial charge on any atom is -0.453 e. The third-order valence-electron chi connectivity index (χ3n) is 6.20. The van der Waals surface area contributed by atoms with Crippen molar-refractivity contribution in [1.29, 1.82) is 0 Å². The van der Waals surface area contributed by atoms with E-state index >= 15 is 0 Å². The molecule has 3 heteroatoms. The zero-order valence-corrected chi connectivity index (χ0v) is 25.5. The van der Waals surface area contributed by atoms with Crippen LogP contribution in [0.2, 0.25) is 0 Å². The number of allylic oxidation sites excluding steroid dienone is 4. The Morgan fingerprint density at radius 2 is 1.35 bits per heavy atom. The molecule has 208 valence electrons. The Morgan fingerprint density at radius 1 is 0.750 bits per heavy atom. The molecule has 0 aliphatic carbocycles. The predicted octanol–water partition coefficient (Wildman–Crippen LogP) is 10.5. The molecule has 0 saturated carbocycles. The monoisotopic (exact) mass is 532 g/mol. The molecule has 2 heterocycles. The summed E-state index contributed by atoms with van der Waals surface area (Å²) in [5.74, 6) is 1.59. The van der Waals surface area contributed by atoms with E-state index in [2.05, 4.69) is 125 Å². The highest BCUT2D eigenvalue weighted by Gasteiger charge is 2.22. The Kier molecular flexibility index (Phi) is 10.0. The van der Waals surface area contributed by atoms with Crippen molar-refractivity contribution >= 4 is 21.8 Å². The number of benzene rings is 3. The number of para-hydroxylation sites is 2. The van der Waals surface area contributed by atoms with Crippen molar-refractivity contribution in [3.05, 3.63) is 139 Å². The van der Waals surface area contributed by atoms with Crippen molar-refractivity contribution in [3.8, 4) is 5.69 Å². The maximum Gasteiger partial charge on any atom is 0.150 e. The molecule has 0 atom stereocenters. The largest absolute Gasteiger partial charge is 0.453 e. The molecule has 0 N–H and O–H groups in total. The van der Waals surface area contributed by atoms with E-state index in [-0.39, 0.29) is 0 Å².